The number of hydrogen-bond acceptors (Lipinski definition) is 4. The van der Waals surface area contributed by atoms with Crippen molar-refractivity contribution in [3.63, 3.8) is 0 Å². The van der Waals surface area contributed by atoms with Crippen LogP contribution in [0.25, 0.3) is 106 Å². The zero-order chi connectivity index (χ0) is 40.5. The van der Waals surface area contributed by atoms with Crippen molar-refractivity contribution >= 4 is 16.3 Å². The minimum absolute atomic E-state index is 0.602. The van der Waals surface area contributed by atoms with Crippen molar-refractivity contribution < 1.29 is 0 Å². The fraction of sp³-hybridized carbons (Fsp3) is 0. The van der Waals surface area contributed by atoms with Crippen LogP contribution in [-0.4, -0.2) is 24.6 Å². The van der Waals surface area contributed by atoms with E-state index in [1.165, 1.54) is 0 Å². The molecule has 3 aromatic heterocycles. The topological polar surface area (TPSA) is 56.0 Å². The molecule has 11 rings (SSSR count). The van der Waals surface area contributed by atoms with Gasteiger partial charge in [-0.3, -0.25) is 0 Å². The molecule has 0 bridgehead atoms. The zero-order valence-electron chi connectivity index (χ0n) is 33.1. The predicted molar refractivity (Wildman–Crippen MR) is 250 cm³/mol. The van der Waals surface area contributed by atoms with Crippen LogP contribution in [0.15, 0.2) is 225 Å². The van der Waals surface area contributed by atoms with E-state index >= 15 is 0 Å². The third-order valence-electron chi connectivity index (χ3n) is 11.3. The van der Waals surface area contributed by atoms with Gasteiger partial charge in [0, 0.05) is 38.8 Å². The number of fused-ring (bicyclic) bond motifs is 3. The summed E-state index contributed by atoms with van der Waals surface area (Å²) in [6.07, 6.45) is 2.00. The van der Waals surface area contributed by atoms with Crippen LogP contribution in [0.3, 0.4) is 0 Å². The lowest BCUT2D eigenvalue weighted by molar-refractivity contribution is 0.976. The summed E-state index contributed by atoms with van der Waals surface area (Å²) in [4.78, 5) is 15.5. The Hall–Kier alpha value is -8.28. The summed E-state index contributed by atoms with van der Waals surface area (Å²) in [5.74, 6) is 1.83. The van der Waals surface area contributed by atoms with E-state index in [2.05, 4.69) is 211 Å². The highest BCUT2D eigenvalue weighted by molar-refractivity contribution is 6.13. The van der Waals surface area contributed by atoms with Crippen molar-refractivity contribution in [1.29, 1.82) is 0 Å². The highest BCUT2D eigenvalue weighted by Crippen LogP contribution is 2.43. The molecule has 0 aliphatic carbocycles. The van der Waals surface area contributed by atoms with E-state index in [4.69, 9.17) is 20.1 Å². The Bertz CT molecular complexity index is 3220. The number of hydrogen-bond donors (Lipinski definition) is 0. The molecule has 5 heteroatoms. The van der Waals surface area contributed by atoms with Crippen LogP contribution < -0.4 is 0 Å². The number of pyridine rings is 1. The van der Waals surface area contributed by atoms with Gasteiger partial charge in [0.2, 0.25) is 0 Å². The molecule has 0 N–H and O–H groups in total. The van der Waals surface area contributed by atoms with Gasteiger partial charge < -0.3 is 0 Å². The second-order valence-electron chi connectivity index (χ2n) is 15.1. The highest BCUT2D eigenvalue weighted by Gasteiger charge is 2.22. The Morgan fingerprint density at radius 3 is 1.25 bits per heavy atom. The van der Waals surface area contributed by atoms with E-state index < -0.39 is 0 Å². The Kier molecular flexibility index (Phi) is 9.10. The normalized spacial score (nSPS) is 11.3. The molecule has 3 heterocycles. The number of benzene rings is 8. The van der Waals surface area contributed by atoms with E-state index in [1.54, 1.807) is 0 Å². The monoisotopic (exact) mass is 779 g/mol. The minimum atomic E-state index is 0.602. The molecule has 0 aliphatic rings. The molecule has 0 amide bonds. The van der Waals surface area contributed by atoms with Crippen LogP contribution in [0.2, 0.25) is 0 Å². The lowest BCUT2D eigenvalue weighted by atomic mass is 9.92. The fourth-order valence-corrected chi connectivity index (χ4v) is 8.39. The molecule has 0 saturated carbocycles. The number of nitrogens with zero attached hydrogens (tertiary/aromatic N) is 5. The molecule has 0 aliphatic heterocycles. The van der Waals surface area contributed by atoms with Gasteiger partial charge in [-0.1, -0.05) is 206 Å². The Labute approximate surface area is 354 Å². The van der Waals surface area contributed by atoms with E-state index in [0.717, 1.165) is 88.7 Å². The van der Waals surface area contributed by atoms with E-state index in [-0.39, 0.29) is 0 Å². The average Bonchev–Trinajstić information content (AvgIpc) is 3.80. The van der Waals surface area contributed by atoms with Crippen LogP contribution in [0.5, 0.6) is 0 Å². The smallest absolute Gasteiger partial charge is 0.164 e. The first-order valence-corrected chi connectivity index (χ1v) is 20.5. The van der Waals surface area contributed by atoms with Gasteiger partial charge in [0.15, 0.2) is 17.5 Å². The molecule has 0 radical (unpaired) electrons. The van der Waals surface area contributed by atoms with Gasteiger partial charge >= 0.3 is 0 Å². The van der Waals surface area contributed by atoms with Crippen molar-refractivity contribution in [2.24, 2.45) is 0 Å². The molecule has 0 unspecified atom stereocenters. The van der Waals surface area contributed by atoms with Crippen molar-refractivity contribution in [1.82, 2.24) is 24.6 Å². The summed E-state index contributed by atoms with van der Waals surface area (Å²) in [5, 5.41) is 7.38. The molecule has 5 nitrogen and oxygen atoms in total. The first-order chi connectivity index (χ1) is 30.2. The minimum Gasteiger partial charge on any atom is -0.231 e. The predicted octanol–water partition coefficient (Wildman–Crippen LogP) is 14.0. The average molecular weight is 780 g/mol. The SMILES string of the molecule is c1ccc(-c2cccc(-c3nc(-c4ccc(-c5c(-c6ccccc6)n6ncc(-c7ccccc7)c6c6ccccc56)cc4)nc(-c4cccc(-c5ccccc5)c4)n3)c2)cc1. The standard InChI is InChI=1S/C56H37N5/c1-5-17-38(18-6-1)44-25-15-27-46(35-44)55-58-54(59-56(60-55)47-28-16-26-45(36-47)39-19-7-2-8-20-39)43-33-31-41(32-34-43)51-48-29-13-14-30-49(48)53-50(40-21-9-3-10-22-40)37-57-61(53)52(51)42-23-11-4-12-24-42/h1-37H. The third kappa shape index (κ3) is 6.74. The Morgan fingerprint density at radius 1 is 0.295 bits per heavy atom. The highest BCUT2D eigenvalue weighted by atomic mass is 15.2. The molecule has 0 atom stereocenters. The van der Waals surface area contributed by atoms with Gasteiger partial charge in [-0.15, -0.1) is 0 Å². The first-order valence-electron chi connectivity index (χ1n) is 20.5. The number of aromatic nitrogens is 5. The van der Waals surface area contributed by atoms with E-state index in [1.807, 2.05) is 18.3 Å². The zero-order valence-corrected chi connectivity index (χ0v) is 33.1. The van der Waals surface area contributed by atoms with Gasteiger partial charge in [0.25, 0.3) is 0 Å². The summed E-state index contributed by atoms with van der Waals surface area (Å²) in [5.41, 5.74) is 14.8. The third-order valence-corrected chi connectivity index (χ3v) is 11.3. The summed E-state index contributed by atoms with van der Waals surface area (Å²) < 4.78 is 2.13. The summed E-state index contributed by atoms with van der Waals surface area (Å²) in [6.45, 7) is 0. The summed E-state index contributed by atoms with van der Waals surface area (Å²) in [7, 11) is 0. The molecule has 0 fully saturated rings. The lowest BCUT2D eigenvalue weighted by Gasteiger charge is -2.18. The maximum Gasteiger partial charge on any atom is 0.164 e. The van der Waals surface area contributed by atoms with Crippen molar-refractivity contribution in [2.45, 2.75) is 0 Å². The summed E-state index contributed by atoms with van der Waals surface area (Å²) in [6, 6.07) is 76.0. The van der Waals surface area contributed by atoms with E-state index in [9.17, 15) is 0 Å². The molecular weight excluding hydrogens is 743 g/mol. The van der Waals surface area contributed by atoms with E-state index in [0.29, 0.717) is 17.5 Å². The van der Waals surface area contributed by atoms with Crippen molar-refractivity contribution in [2.75, 3.05) is 0 Å². The van der Waals surface area contributed by atoms with Crippen LogP contribution >= 0.6 is 0 Å². The molecule has 0 saturated heterocycles. The second kappa shape index (κ2) is 15.5. The maximum atomic E-state index is 5.17. The fourth-order valence-electron chi connectivity index (χ4n) is 8.39. The first kappa shape index (κ1) is 35.8. The molecule has 286 valence electrons. The lowest BCUT2D eigenvalue weighted by Crippen LogP contribution is -2.01. The van der Waals surface area contributed by atoms with Crippen LogP contribution in [0.4, 0.5) is 0 Å². The van der Waals surface area contributed by atoms with Crippen LogP contribution in [0.1, 0.15) is 0 Å². The van der Waals surface area contributed by atoms with Crippen LogP contribution in [-0.2, 0) is 0 Å². The maximum absolute atomic E-state index is 5.17. The molecule has 0 spiro atoms. The van der Waals surface area contributed by atoms with Gasteiger partial charge in [-0.05, 0) is 50.9 Å². The number of rotatable bonds is 8. The van der Waals surface area contributed by atoms with Gasteiger partial charge in [-0.2, -0.15) is 5.10 Å². The molecule has 11 aromatic rings. The van der Waals surface area contributed by atoms with Gasteiger partial charge in [0.1, 0.15) is 0 Å². The summed E-state index contributed by atoms with van der Waals surface area (Å²) >= 11 is 0. The Morgan fingerprint density at radius 2 is 0.705 bits per heavy atom. The van der Waals surface area contributed by atoms with Gasteiger partial charge in [0.05, 0.1) is 17.4 Å². The molecule has 8 aromatic carbocycles. The quantitative estimate of drug-likeness (QED) is 0.154. The Balaban J connectivity index is 1.08. The second-order valence-corrected chi connectivity index (χ2v) is 15.1. The van der Waals surface area contributed by atoms with Crippen LogP contribution in [0, 0.1) is 0 Å². The largest absolute Gasteiger partial charge is 0.231 e. The molecular formula is C56H37N5. The van der Waals surface area contributed by atoms with Crippen molar-refractivity contribution in [3.8, 4) is 89.9 Å². The van der Waals surface area contributed by atoms with Gasteiger partial charge in [-0.25, -0.2) is 19.5 Å². The van der Waals surface area contributed by atoms with Crippen molar-refractivity contribution in [3.05, 3.63) is 225 Å². The molecule has 61 heavy (non-hydrogen) atoms.